The second-order valence-electron chi connectivity index (χ2n) is 6.10. The van der Waals surface area contributed by atoms with Crippen molar-refractivity contribution >= 4 is 50.0 Å². The van der Waals surface area contributed by atoms with Crippen molar-refractivity contribution in [3.8, 4) is 0 Å². The topological polar surface area (TPSA) is 73.4 Å². The molecule has 1 aliphatic rings. The number of urea groups is 1. The number of aromatic amines is 1. The van der Waals surface area contributed by atoms with Gasteiger partial charge in [0.05, 0.1) is 17.4 Å². The first-order chi connectivity index (χ1) is 12.7. The molecule has 4 aromatic rings. The maximum Gasteiger partial charge on any atom is 0.328 e. The van der Waals surface area contributed by atoms with Gasteiger partial charge in [-0.1, -0.05) is 18.2 Å². The Morgan fingerprint density at radius 3 is 2.92 bits per heavy atom. The van der Waals surface area contributed by atoms with E-state index in [2.05, 4.69) is 38.5 Å². The van der Waals surface area contributed by atoms with Crippen LogP contribution in [-0.4, -0.2) is 28.9 Å². The number of thiophene rings is 1. The van der Waals surface area contributed by atoms with E-state index in [9.17, 15) is 4.79 Å². The summed E-state index contributed by atoms with van der Waals surface area (Å²) in [6, 6.07) is 15.7. The Balaban J connectivity index is 1.67. The Bertz CT molecular complexity index is 1140. The SMILES string of the molecule is CN=C1NC(=O)N(c2ccc3nc[nH]c3c2)C1c1cc2ccccc2s1. The molecule has 2 aromatic heterocycles. The van der Waals surface area contributed by atoms with Gasteiger partial charge in [0.1, 0.15) is 11.9 Å². The molecular formula is C19H15N5OS. The Kier molecular flexibility index (Phi) is 3.29. The fourth-order valence-electron chi connectivity index (χ4n) is 3.39. The van der Waals surface area contributed by atoms with Crippen molar-refractivity contribution in [1.29, 1.82) is 0 Å². The molecule has 0 saturated carbocycles. The number of nitrogens with one attached hydrogen (secondary N) is 2. The number of benzene rings is 2. The third-order valence-electron chi connectivity index (χ3n) is 4.61. The van der Waals surface area contributed by atoms with Crippen molar-refractivity contribution in [3.05, 3.63) is 59.7 Å². The third-order valence-corrected chi connectivity index (χ3v) is 5.78. The number of carbonyl (C=O) groups is 1. The normalized spacial score (nSPS) is 19.0. The Hall–Kier alpha value is -3.19. The lowest BCUT2D eigenvalue weighted by Gasteiger charge is -2.22. The highest BCUT2D eigenvalue weighted by atomic mass is 32.1. The van der Waals surface area contributed by atoms with Crippen LogP contribution in [0, 0.1) is 0 Å². The molecule has 0 bridgehead atoms. The molecule has 1 aliphatic heterocycles. The van der Waals surface area contributed by atoms with Crippen LogP contribution >= 0.6 is 11.3 Å². The van der Waals surface area contributed by atoms with Crippen molar-refractivity contribution < 1.29 is 4.79 Å². The Morgan fingerprint density at radius 1 is 1.19 bits per heavy atom. The second kappa shape index (κ2) is 5.67. The van der Waals surface area contributed by atoms with E-state index in [-0.39, 0.29) is 12.1 Å². The van der Waals surface area contributed by atoms with Crippen molar-refractivity contribution in [1.82, 2.24) is 15.3 Å². The number of anilines is 1. The Labute approximate surface area is 153 Å². The summed E-state index contributed by atoms with van der Waals surface area (Å²) in [5, 5.41) is 4.08. The molecule has 2 aromatic carbocycles. The number of aliphatic imine (C=N–C) groups is 1. The predicted octanol–water partition coefficient (Wildman–Crippen LogP) is 4.08. The van der Waals surface area contributed by atoms with Gasteiger partial charge in [-0.05, 0) is 35.7 Å². The summed E-state index contributed by atoms with van der Waals surface area (Å²) in [7, 11) is 1.71. The molecule has 26 heavy (non-hydrogen) atoms. The van der Waals surface area contributed by atoms with E-state index in [1.807, 2.05) is 30.3 Å². The van der Waals surface area contributed by atoms with Crippen LogP contribution in [0.3, 0.4) is 0 Å². The zero-order chi connectivity index (χ0) is 17.7. The molecule has 1 atom stereocenters. The average Bonchev–Trinajstić information content (AvgIpc) is 3.36. The molecule has 1 fully saturated rings. The molecule has 0 spiro atoms. The summed E-state index contributed by atoms with van der Waals surface area (Å²) >= 11 is 1.68. The van der Waals surface area contributed by atoms with Crippen LogP contribution < -0.4 is 10.2 Å². The number of nitrogens with zero attached hydrogens (tertiary/aromatic N) is 3. The number of amidine groups is 1. The second-order valence-corrected chi connectivity index (χ2v) is 7.22. The lowest BCUT2D eigenvalue weighted by atomic mass is 10.1. The molecule has 3 heterocycles. The molecular weight excluding hydrogens is 346 g/mol. The van der Waals surface area contributed by atoms with Crippen molar-refractivity contribution in [2.24, 2.45) is 4.99 Å². The number of fused-ring (bicyclic) bond motifs is 2. The largest absolute Gasteiger partial charge is 0.345 e. The number of carbonyl (C=O) groups excluding carboxylic acids is 1. The molecule has 0 radical (unpaired) electrons. The van der Waals surface area contributed by atoms with Gasteiger partial charge in [0.15, 0.2) is 0 Å². The summed E-state index contributed by atoms with van der Waals surface area (Å²) < 4.78 is 1.20. The lowest BCUT2D eigenvalue weighted by molar-refractivity contribution is 0.252. The molecule has 0 aliphatic carbocycles. The van der Waals surface area contributed by atoms with Crippen LogP contribution in [0.5, 0.6) is 0 Å². The highest BCUT2D eigenvalue weighted by Gasteiger charge is 2.39. The third kappa shape index (κ3) is 2.21. The summed E-state index contributed by atoms with van der Waals surface area (Å²) in [5.41, 5.74) is 2.57. The maximum absolute atomic E-state index is 12.7. The first kappa shape index (κ1) is 15.1. The molecule has 6 nitrogen and oxygen atoms in total. The van der Waals surface area contributed by atoms with Crippen LogP contribution in [0.2, 0.25) is 0 Å². The monoisotopic (exact) mass is 361 g/mol. The van der Waals surface area contributed by atoms with E-state index < -0.39 is 0 Å². The fraction of sp³-hybridized carbons (Fsp3) is 0.105. The van der Waals surface area contributed by atoms with Gasteiger partial charge in [-0.25, -0.2) is 9.78 Å². The zero-order valence-corrected chi connectivity index (χ0v) is 14.7. The van der Waals surface area contributed by atoms with Crippen LogP contribution in [-0.2, 0) is 0 Å². The standard InChI is InChI=1S/C19H15N5OS/c1-20-18-17(16-8-11-4-2-3-5-15(11)26-16)24(19(25)23-18)12-6-7-13-14(9-12)22-10-21-13/h2-10,17H,1H3,(H,21,22)(H,20,23,25). The van der Waals surface area contributed by atoms with Gasteiger partial charge in [0.2, 0.25) is 0 Å². The predicted molar refractivity (Wildman–Crippen MR) is 105 cm³/mol. The zero-order valence-electron chi connectivity index (χ0n) is 13.9. The van der Waals surface area contributed by atoms with Crippen molar-refractivity contribution in [2.75, 3.05) is 11.9 Å². The number of amides is 2. The summed E-state index contributed by atoms with van der Waals surface area (Å²) in [5.74, 6) is 0.659. The maximum atomic E-state index is 12.7. The molecule has 2 amide bonds. The van der Waals surface area contributed by atoms with Gasteiger partial charge in [-0.3, -0.25) is 15.2 Å². The van der Waals surface area contributed by atoms with Crippen molar-refractivity contribution in [2.45, 2.75) is 6.04 Å². The number of H-pyrrole nitrogens is 1. The van der Waals surface area contributed by atoms with Crippen LogP contribution in [0.1, 0.15) is 10.9 Å². The highest BCUT2D eigenvalue weighted by Crippen LogP contribution is 2.38. The molecule has 1 unspecified atom stereocenters. The van der Waals surface area contributed by atoms with Gasteiger partial charge in [0, 0.05) is 22.3 Å². The number of rotatable bonds is 2. The minimum atomic E-state index is -0.259. The molecule has 5 rings (SSSR count). The number of hydrogen-bond acceptors (Lipinski definition) is 4. The van der Waals surface area contributed by atoms with Crippen molar-refractivity contribution in [3.63, 3.8) is 0 Å². The molecule has 7 heteroatoms. The van der Waals surface area contributed by atoms with E-state index >= 15 is 0 Å². The van der Waals surface area contributed by atoms with Crippen LogP contribution in [0.25, 0.3) is 21.1 Å². The van der Waals surface area contributed by atoms with Gasteiger partial charge in [-0.2, -0.15) is 0 Å². The van der Waals surface area contributed by atoms with Gasteiger partial charge >= 0.3 is 6.03 Å². The van der Waals surface area contributed by atoms with Gasteiger partial charge in [-0.15, -0.1) is 11.3 Å². The molecule has 128 valence electrons. The first-order valence-corrected chi connectivity index (χ1v) is 9.05. The van der Waals surface area contributed by atoms with Gasteiger partial charge in [0.25, 0.3) is 0 Å². The van der Waals surface area contributed by atoms with E-state index in [0.717, 1.165) is 21.6 Å². The highest BCUT2D eigenvalue weighted by molar-refractivity contribution is 7.19. The molecule has 1 saturated heterocycles. The van der Waals surface area contributed by atoms with E-state index in [1.54, 1.807) is 29.6 Å². The lowest BCUT2D eigenvalue weighted by Crippen LogP contribution is -2.29. The average molecular weight is 361 g/mol. The minimum Gasteiger partial charge on any atom is -0.345 e. The minimum absolute atomic E-state index is 0.174. The number of aromatic nitrogens is 2. The first-order valence-electron chi connectivity index (χ1n) is 8.23. The smallest absolute Gasteiger partial charge is 0.328 e. The van der Waals surface area contributed by atoms with E-state index in [0.29, 0.717) is 5.84 Å². The summed E-state index contributed by atoms with van der Waals surface area (Å²) in [6.45, 7) is 0. The van der Waals surface area contributed by atoms with Crippen LogP contribution in [0.15, 0.2) is 59.9 Å². The van der Waals surface area contributed by atoms with E-state index in [1.165, 1.54) is 10.1 Å². The van der Waals surface area contributed by atoms with E-state index in [4.69, 9.17) is 0 Å². The van der Waals surface area contributed by atoms with Gasteiger partial charge < -0.3 is 4.98 Å². The summed E-state index contributed by atoms with van der Waals surface area (Å²) in [4.78, 5) is 27.2. The fourth-order valence-corrected chi connectivity index (χ4v) is 4.55. The van der Waals surface area contributed by atoms with Crippen LogP contribution in [0.4, 0.5) is 10.5 Å². The summed E-state index contributed by atoms with van der Waals surface area (Å²) in [6.07, 6.45) is 1.65. The number of imidazole rings is 1. The number of hydrogen-bond donors (Lipinski definition) is 2. The molecule has 2 N–H and O–H groups in total. The quantitative estimate of drug-likeness (QED) is 0.565. The Morgan fingerprint density at radius 2 is 2.08 bits per heavy atom.